The Morgan fingerprint density at radius 2 is 1.29 bits per heavy atom. The molecule has 0 saturated heterocycles. The van der Waals surface area contributed by atoms with E-state index in [0.717, 1.165) is 30.3 Å². The Labute approximate surface area is 94.7 Å². The maximum atomic E-state index is 13.2. The molecular formula is C12H7F4N. The van der Waals surface area contributed by atoms with Crippen LogP contribution in [-0.2, 0) is 0 Å². The van der Waals surface area contributed by atoms with E-state index in [2.05, 4.69) is 5.32 Å². The Bertz CT molecular complexity index is 554. The van der Waals surface area contributed by atoms with Crippen molar-refractivity contribution in [2.45, 2.75) is 0 Å². The van der Waals surface area contributed by atoms with Gasteiger partial charge in [0, 0.05) is 12.1 Å². The van der Waals surface area contributed by atoms with Gasteiger partial charge in [0.1, 0.15) is 23.3 Å². The van der Waals surface area contributed by atoms with Crippen LogP contribution in [0.3, 0.4) is 0 Å². The molecule has 0 fully saturated rings. The van der Waals surface area contributed by atoms with Gasteiger partial charge < -0.3 is 5.32 Å². The first-order valence-electron chi connectivity index (χ1n) is 4.73. The molecule has 0 radical (unpaired) electrons. The van der Waals surface area contributed by atoms with Crippen LogP contribution < -0.4 is 5.32 Å². The zero-order valence-electron chi connectivity index (χ0n) is 8.48. The van der Waals surface area contributed by atoms with Crippen molar-refractivity contribution in [1.29, 1.82) is 0 Å². The summed E-state index contributed by atoms with van der Waals surface area (Å²) in [6.45, 7) is 0. The van der Waals surface area contributed by atoms with Crippen LogP contribution in [0.15, 0.2) is 36.4 Å². The number of benzene rings is 2. The quantitative estimate of drug-likeness (QED) is 0.784. The predicted molar refractivity (Wildman–Crippen MR) is 56.0 cm³/mol. The van der Waals surface area contributed by atoms with Crippen molar-refractivity contribution in [1.82, 2.24) is 0 Å². The van der Waals surface area contributed by atoms with Gasteiger partial charge in [0.05, 0.1) is 11.4 Å². The number of hydrogen-bond acceptors (Lipinski definition) is 1. The van der Waals surface area contributed by atoms with E-state index in [4.69, 9.17) is 0 Å². The smallest absolute Gasteiger partial charge is 0.149 e. The van der Waals surface area contributed by atoms with Crippen molar-refractivity contribution in [2.24, 2.45) is 0 Å². The lowest BCUT2D eigenvalue weighted by Crippen LogP contribution is -1.97. The molecule has 2 rings (SSSR count). The van der Waals surface area contributed by atoms with Gasteiger partial charge >= 0.3 is 0 Å². The van der Waals surface area contributed by atoms with Crippen LogP contribution in [0.4, 0.5) is 28.9 Å². The van der Waals surface area contributed by atoms with Gasteiger partial charge in [-0.25, -0.2) is 17.6 Å². The van der Waals surface area contributed by atoms with Gasteiger partial charge in [0.25, 0.3) is 0 Å². The van der Waals surface area contributed by atoms with Crippen molar-refractivity contribution in [2.75, 3.05) is 5.32 Å². The lowest BCUT2D eigenvalue weighted by Gasteiger charge is -2.08. The lowest BCUT2D eigenvalue weighted by atomic mass is 10.2. The molecule has 1 N–H and O–H groups in total. The number of nitrogens with one attached hydrogen (secondary N) is 1. The summed E-state index contributed by atoms with van der Waals surface area (Å²) in [4.78, 5) is 0. The molecule has 88 valence electrons. The molecule has 0 amide bonds. The summed E-state index contributed by atoms with van der Waals surface area (Å²) in [5.74, 6) is -3.01. The highest BCUT2D eigenvalue weighted by Gasteiger charge is 2.08. The number of anilines is 2. The van der Waals surface area contributed by atoms with Gasteiger partial charge in [-0.15, -0.1) is 0 Å². The van der Waals surface area contributed by atoms with E-state index in [9.17, 15) is 17.6 Å². The molecule has 2 aromatic rings. The summed E-state index contributed by atoms with van der Waals surface area (Å²) in [5.41, 5.74) is -0.341. The summed E-state index contributed by atoms with van der Waals surface area (Å²) in [5, 5.41) is 2.35. The highest BCUT2D eigenvalue weighted by atomic mass is 19.1. The third-order valence-electron chi connectivity index (χ3n) is 2.13. The minimum absolute atomic E-state index is 0.129. The minimum Gasteiger partial charge on any atom is -0.351 e. The average molecular weight is 241 g/mol. The van der Waals surface area contributed by atoms with Gasteiger partial charge in [-0.2, -0.15) is 0 Å². The van der Waals surface area contributed by atoms with Crippen molar-refractivity contribution in [3.8, 4) is 0 Å². The lowest BCUT2D eigenvalue weighted by molar-refractivity contribution is 0.585. The fourth-order valence-electron chi connectivity index (χ4n) is 1.33. The summed E-state index contributed by atoms with van der Waals surface area (Å²) < 4.78 is 52.0. The first-order chi connectivity index (χ1) is 8.06. The zero-order chi connectivity index (χ0) is 12.4. The molecule has 0 aromatic heterocycles. The number of halogens is 4. The van der Waals surface area contributed by atoms with Crippen molar-refractivity contribution < 1.29 is 17.6 Å². The Balaban J connectivity index is 2.34. The van der Waals surface area contributed by atoms with Gasteiger partial charge in [-0.05, 0) is 24.3 Å². The molecule has 17 heavy (non-hydrogen) atoms. The molecule has 2 aromatic carbocycles. The van der Waals surface area contributed by atoms with Gasteiger partial charge in [-0.3, -0.25) is 0 Å². The minimum atomic E-state index is -0.881. The van der Waals surface area contributed by atoms with E-state index >= 15 is 0 Å². The fourth-order valence-corrected chi connectivity index (χ4v) is 1.33. The molecule has 0 bridgehead atoms. The molecular weight excluding hydrogens is 234 g/mol. The van der Waals surface area contributed by atoms with Crippen molar-refractivity contribution in [3.63, 3.8) is 0 Å². The Morgan fingerprint density at radius 3 is 2.00 bits per heavy atom. The van der Waals surface area contributed by atoms with Crippen LogP contribution in [0.25, 0.3) is 0 Å². The molecule has 0 aliphatic heterocycles. The van der Waals surface area contributed by atoms with Crippen LogP contribution in [0, 0.1) is 23.3 Å². The predicted octanol–water partition coefficient (Wildman–Crippen LogP) is 3.99. The summed E-state index contributed by atoms with van der Waals surface area (Å²) >= 11 is 0. The Morgan fingerprint density at radius 1 is 0.647 bits per heavy atom. The monoisotopic (exact) mass is 241 g/mol. The molecule has 1 nitrogen and oxygen atoms in total. The maximum absolute atomic E-state index is 13.2. The summed E-state index contributed by atoms with van der Waals surface area (Å²) in [6.07, 6.45) is 0. The van der Waals surface area contributed by atoms with Crippen molar-refractivity contribution in [3.05, 3.63) is 59.7 Å². The first kappa shape index (κ1) is 11.4. The van der Waals surface area contributed by atoms with Crippen LogP contribution in [0.2, 0.25) is 0 Å². The topological polar surface area (TPSA) is 12.0 Å². The normalized spacial score (nSPS) is 10.4. The van der Waals surface area contributed by atoms with E-state index in [1.165, 1.54) is 0 Å². The Hall–Kier alpha value is -2.04. The average Bonchev–Trinajstić information content (AvgIpc) is 2.27. The van der Waals surface area contributed by atoms with Gasteiger partial charge in [0.2, 0.25) is 0 Å². The van der Waals surface area contributed by atoms with Crippen LogP contribution in [0.5, 0.6) is 0 Å². The van der Waals surface area contributed by atoms with Crippen LogP contribution in [-0.4, -0.2) is 0 Å². The molecule has 0 heterocycles. The third-order valence-corrected chi connectivity index (χ3v) is 2.13. The second-order valence-corrected chi connectivity index (χ2v) is 3.37. The molecule has 0 unspecified atom stereocenters. The van der Waals surface area contributed by atoms with Crippen molar-refractivity contribution >= 4 is 11.4 Å². The SMILES string of the molecule is Fc1ccc(Nc2cc(F)ccc2F)c(F)c1. The van der Waals surface area contributed by atoms with E-state index < -0.39 is 23.3 Å². The van der Waals surface area contributed by atoms with Gasteiger partial charge in [-0.1, -0.05) is 0 Å². The van der Waals surface area contributed by atoms with E-state index in [-0.39, 0.29) is 11.4 Å². The highest BCUT2D eigenvalue weighted by Crippen LogP contribution is 2.23. The molecule has 0 atom stereocenters. The first-order valence-corrected chi connectivity index (χ1v) is 4.73. The largest absolute Gasteiger partial charge is 0.351 e. The highest BCUT2D eigenvalue weighted by molar-refractivity contribution is 5.60. The Kier molecular flexibility index (Phi) is 2.99. The standard InChI is InChI=1S/C12H7F4N/c13-7-2-4-11(10(16)5-7)17-12-6-8(14)1-3-9(12)15/h1-6,17H. The van der Waals surface area contributed by atoms with E-state index in [1.807, 2.05) is 0 Å². The molecule has 5 heteroatoms. The molecule has 0 saturated carbocycles. The van der Waals surface area contributed by atoms with Crippen LogP contribution in [0.1, 0.15) is 0 Å². The zero-order valence-corrected chi connectivity index (χ0v) is 8.48. The van der Waals surface area contributed by atoms with E-state index in [1.54, 1.807) is 0 Å². The second kappa shape index (κ2) is 4.45. The molecule has 0 aliphatic carbocycles. The summed E-state index contributed by atoms with van der Waals surface area (Å²) in [6, 6.07) is 5.52. The molecule has 0 aliphatic rings. The van der Waals surface area contributed by atoms with E-state index in [0.29, 0.717) is 6.07 Å². The number of rotatable bonds is 2. The number of hydrogen-bond donors (Lipinski definition) is 1. The fraction of sp³-hybridized carbons (Fsp3) is 0. The third kappa shape index (κ3) is 2.55. The maximum Gasteiger partial charge on any atom is 0.149 e. The second-order valence-electron chi connectivity index (χ2n) is 3.37. The summed E-state index contributed by atoms with van der Waals surface area (Å²) in [7, 11) is 0. The van der Waals surface area contributed by atoms with Crippen LogP contribution >= 0.6 is 0 Å². The van der Waals surface area contributed by atoms with Gasteiger partial charge in [0.15, 0.2) is 0 Å². The molecule has 0 spiro atoms.